The number of aliphatic hydroxyl groups is 1. The van der Waals surface area contributed by atoms with E-state index in [0.29, 0.717) is 13.1 Å². The van der Waals surface area contributed by atoms with Crippen LogP contribution in [0.5, 0.6) is 0 Å². The highest BCUT2D eigenvalue weighted by Crippen LogP contribution is 2.34. The minimum absolute atomic E-state index is 0.0567. The molecular weight excluding hydrogens is 316 g/mol. The summed E-state index contributed by atoms with van der Waals surface area (Å²) in [5, 5.41) is 9.97. The van der Waals surface area contributed by atoms with E-state index in [1.54, 1.807) is 11.0 Å². The fourth-order valence-electron chi connectivity index (χ4n) is 4.00. The van der Waals surface area contributed by atoms with Gasteiger partial charge in [-0.15, -0.1) is 0 Å². The summed E-state index contributed by atoms with van der Waals surface area (Å²) in [4.78, 5) is 30.0. The van der Waals surface area contributed by atoms with Gasteiger partial charge in [-0.3, -0.25) is 9.59 Å². The molecule has 1 fully saturated rings. The van der Waals surface area contributed by atoms with Crippen LogP contribution < -0.4 is 5.56 Å². The average Bonchev–Trinajstić information content (AvgIpc) is 3.06. The lowest BCUT2D eigenvalue weighted by molar-refractivity contribution is 0.0283. The Labute approximate surface area is 148 Å². The van der Waals surface area contributed by atoms with E-state index in [4.69, 9.17) is 0 Å². The number of aromatic nitrogens is 1. The van der Waals surface area contributed by atoms with Gasteiger partial charge in [-0.2, -0.15) is 0 Å². The number of pyridine rings is 1. The third kappa shape index (κ3) is 3.71. The monoisotopic (exact) mass is 344 g/mol. The first-order valence-electron chi connectivity index (χ1n) is 9.23. The minimum Gasteiger partial charge on any atom is -0.396 e. The molecule has 0 saturated carbocycles. The molecule has 2 N–H and O–H groups in total. The largest absolute Gasteiger partial charge is 0.396 e. The van der Waals surface area contributed by atoms with E-state index in [2.05, 4.69) is 11.1 Å². The van der Waals surface area contributed by atoms with Crippen molar-refractivity contribution in [3.8, 4) is 0 Å². The summed E-state index contributed by atoms with van der Waals surface area (Å²) in [6, 6.07) is 1.79. The number of likely N-dealkylation sites (tertiary alicyclic amines) is 1. The van der Waals surface area contributed by atoms with Crippen molar-refractivity contribution in [2.75, 3.05) is 19.7 Å². The van der Waals surface area contributed by atoms with Crippen molar-refractivity contribution in [2.45, 2.75) is 52.4 Å². The van der Waals surface area contributed by atoms with Crippen LogP contribution in [0.1, 0.15) is 61.1 Å². The van der Waals surface area contributed by atoms with Gasteiger partial charge in [0.2, 0.25) is 0 Å². The van der Waals surface area contributed by atoms with E-state index >= 15 is 0 Å². The number of amides is 1. The van der Waals surface area contributed by atoms with Gasteiger partial charge in [-0.1, -0.05) is 11.6 Å². The summed E-state index contributed by atoms with van der Waals surface area (Å²) in [5.74, 6) is -0.203. The van der Waals surface area contributed by atoms with Gasteiger partial charge in [0, 0.05) is 24.2 Å². The van der Waals surface area contributed by atoms with E-state index < -0.39 is 0 Å². The molecule has 1 aliphatic carbocycles. The molecular formula is C20H28N2O3. The van der Waals surface area contributed by atoms with Crippen molar-refractivity contribution in [1.29, 1.82) is 0 Å². The molecule has 1 aromatic rings. The number of hydrogen-bond donors (Lipinski definition) is 2. The molecule has 5 heteroatoms. The summed E-state index contributed by atoms with van der Waals surface area (Å²) in [6.45, 7) is 5.29. The number of carbonyl (C=O) groups is 1. The molecule has 2 aliphatic rings. The molecule has 1 unspecified atom stereocenters. The summed E-state index contributed by atoms with van der Waals surface area (Å²) in [6.07, 6.45) is 7.49. The van der Waals surface area contributed by atoms with Gasteiger partial charge in [-0.05, 0) is 64.0 Å². The third-order valence-electron chi connectivity index (χ3n) is 5.55. The summed E-state index contributed by atoms with van der Waals surface area (Å²) >= 11 is 0. The van der Waals surface area contributed by atoms with Gasteiger partial charge in [-0.25, -0.2) is 0 Å². The molecule has 0 spiro atoms. The second-order valence-corrected chi connectivity index (χ2v) is 7.84. The van der Waals surface area contributed by atoms with Crippen molar-refractivity contribution in [3.05, 3.63) is 44.9 Å². The van der Waals surface area contributed by atoms with Crippen molar-refractivity contribution in [2.24, 2.45) is 5.41 Å². The highest BCUT2D eigenvalue weighted by molar-refractivity contribution is 5.94. The Bertz CT molecular complexity index is 746. The molecule has 136 valence electrons. The second kappa shape index (κ2) is 7.16. The lowest BCUT2D eigenvalue weighted by Crippen LogP contribution is -2.48. The Morgan fingerprint density at radius 3 is 2.88 bits per heavy atom. The Morgan fingerprint density at radius 1 is 1.36 bits per heavy atom. The van der Waals surface area contributed by atoms with E-state index in [1.165, 1.54) is 5.57 Å². The smallest absolute Gasteiger partial charge is 0.261 e. The topological polar surface area (TPSA) is 73.4 Å². The summed E-state index contributed by atoms with van der Waals surface area (Å²) in [7, 11) is 0. The molecule has 0 bridgehead atoms. The number of nitrogens with zero attached hydrogens (tertiary/aromatic N) is 1. The SMILES string of the molecule is CC(C)=CCC1(CO)CCCN(C(=O)c2cc3c([nH]c2=O)CCC3)C1. The number of H-pyrrole nitrogens is 1. The first-order chi connectivity index (χ1) is 11.9. The van der Waals surface area contributed by atoms with E-state index in [1.807, 2.05) is 13.8 Å². The molecule has 1 atom stereocenters. The third-order valence-corrected chi connectivity index (χ3v) is 5.55. The number of nitrogens with one attached hydrogen (secondary N) is 1. The number of carbonyl (C=O) groups excluding carboxylic acids is 1. The van der Waals surface area contributed by atoms with Crippen LogP contribution in [0.25, 0.3) is 0 Å². The van der Waals surface area contributed by atoms with Gasteiger partial charge in [0.1, 0.15) is 5.56 Å². The van der Waals surface area contributed by atoms with Crippen LogP contribution in [0.4, 0.5) is 0 Å². The number of hydrogen-bond acceptors (Lipinski definition) is 3. The highest BCUT2D eigenvalue weighted by Gasteiger charge is 2.36. The van der Waals surface area contributed by atoms with Gasteiger partial charge >= 0.3 is 0 Å². The van der Waals surface area contributed by atoms with Crippen molar-refractivity contribution < 1.29 is 9.90 Å². The number of rotatable bonds is 4. The van der Waals surface area contributed by atoms with Crippen molar-refractivity contribution in [3.63, 3.8) is 0 Å². The molecule has 2 heterocycles. The average molecular weight is 344 g/mol. The number of piperidine rings is 1. The quantitative estimate of drug-likeness (QED) is 0.824. The summed E-state index contributed by atoms with van der Waals surface area (Å²) < 4.78 is 0. The zero-order valence-electron chi connectivity index (χ0n) is 15.2. The predicted octanol–water partition coefficient (Wildman–Crippen LogP) is 2.43. The Morgan fingerprint density at radius 2 is 2.16 bits per heavy atom. The predicted molar refractivity (Wildman–Crippen MR) is 97.8 cm³/mol. The minimum atomic E-state index is -0.297. The van der Waals surface area contributed by atoms with Crippen LogP contribution in [-0.4, -0.2) is 40.6 Å². The van der Waals surface area contributed by atoms with Crippen molar-refractivity contribution in [1.82, 2.24) is 9.88 Å². The molecule has 25 heavy (non-hydrogen) atoms. The van der Waals surface area contributed by atoms with Crippen LogP contribution in [0.2, 0.25) is 0 Å². The maximum absolute atomic E-state index is 13.0. The molecule has 3 rings (SSSR count). The van der Waals surface area contributed by atoms with Crippen LogP contribution in [0, 0.1) is 5.41 Å². The zero-order valence-corrected chi connectivity index (χ0v) is 15.2. The lowest BCUT2D eigenvalue weighted by Gasteiger charge is -2.41. The standard InChI is InChI=1S/C20H28N2O3/c1-14(2)7-9-20(13-23)8-4-10-22(12-20)19(25)16-11-15-5-3-6-17(15)21-18(16)24/h7,11,23H,3-6,8-10,12-13H2,1-2H3,(H,21,24). The van der Waals surface area contributed by atoms with E-state index in [-0.39, 0.29) is 29.1 Å². The van der Waals surface area contributed by atoms with Crippen molar-refractivity contribution >= 4 is 5.91 Å². The van der Waals surface area contributed by atoms with Crippen LogP contribution in [0.15, 0.2) is 22.5 Å². The maximum atomic E-state index is 13.0. The van der Waals surface area contributed by atoms with Crippen LogP contribution >= 0.6 is 0 Å². The lowest BCUT2D eigenvalue weighted by atomic mass is 9.77. The Kier molecular flexibility index (Phi) is 5.13. The van der Waals surface area contributed by atoms with Gasteiger partial charge < -0.3 is 15.0 Å². The van der Waals surface area contributed by atoms with Gasteiger partial charge in [0.25, 0.3) is 11.5 Å². The fraction of sp³-hybridized carbons (Fsp3) is 0.600. The number of allylic oxidation sites excluding steroid dienone is 2. The summed E-state index contributed by atoms with van der Waals surface area (Å²) in [5.41, 5.74) is 2.96. The number of aliphatic hydroxyl groups excluding tert-OH is 1. The molecule has 0 radical (unpaired) electrons. The zero-order chi connectivity index (χ0) is 18.0. The van der Waals surface area contributed by atoms with E-state index in [9.17, 15) is 14.7 Å². The molecule has 1 aliphatic heterocycles. The molecule has 0 aromatic carbocycles. The second-order valence-electron chi connectivity index (χ2n) is 7.84. The van der Waals surface area contributed by atoms with Gasteiger partial charge in [0.15, 0.2) is 0 Å². The maximum Gasteiger partial charge on any atom is 0.261 e. The van der Waals surface area contributed by atoms with Crippen LogP contribution in [0.3, 0.4) is 0 Å². The first kappa shape index (κ1) is 17.9. The molecule has 1 saturated heterocycles. The Hall–Kier alpha value is -1.88. The first-order valence-corrected chi connectivity index (χ1v) is 9.23. The fourth-order valence-corrected chi connectivity index (χ4v) is 4.00. The Balaban J connectivity index is 1.83. The van der Waals surface area contributed by atoms with Gasteiger partial charge in [0.05, 0.1) is 6.61 Å². The van der Waals surface area contributed by atoms with E-state index in [0.717, 1.165) is 49.8 Å². The normalized spacial score (nSPS) is 22.6. The number of fused-ring (bicyclic) bond motifs is 1. The number of aryl methyl sites for hydroxylation is 2. The highest BCUT2D eigenvalue weighted by atomic mass is 16.3. The molecule has 5 nitrogen and oxygen atoms in total. The molecule has 1 amide bonds. The molecule has 1 aromatic heterocycles. The van der Waals surface area contributed by atoms with Crippen LogP contribution in [-0.2, 0) is 12.8 Å². The number of aromatic amines is 1.